The molecule has 0 aromatic heterocycles. The minimum absolute atomic E-state index is 0.0418. The maximum absolute atomic E-state index is 12.4. The standard InChI is InChI=1S/C21H27N3O4S/c1-3-24(4-2)21(26)15-9-14-20(25)22-17-10-8-11-18(16-17)23-29(27,28)19-12-6-5-7-13-19/h5-8,10-13,16,23H,3-4,9,14-15H2,1-2H3,(H,22,25). The molecule has 0 aliphatic carbocycles. The van der Waals surface area contributed by atoms with Crippen LogP contribution in [0.25, 0.3) is 0 Å². The second-order valence-electron chi connectivity index (χ2n) is 6.47. The van der Waals surface area contributed by atoms with Gasteiger partial charge in [-0.3, -0.25) is 14.3 Å². The number of nitrogens with one attached hydrogen (secondary N) is 2. The van der Waals surface area contributed by atoms with Gasteiger partial charge in [0.15, 0.2) is 0 Å². The van der Waals surface area contributed by atoms with Crippen LogP contribution in [0.4, 0.5) is 11.4 Å². The lowest BCUT2D eigenvalue weighted by molar-refractivity contribution is -0.131. The summed E-state index contributed by atoms with van der Waals surface area (Å²) in [5, 5.41) is 2.74. The number of hydrogen-bond acceptors (Lipinski definition) is 4. The van der Waals surface area contributed by atoms with Crippen LogP contribution in [0.15, 0.2) is 59.5 Å². The maximum Gasteiger partial charge on any atom is 0.261 e. The average Bonchev–Trinajstić information content (AvgIpc) is 2.69. The second kappa shape index (κ2) is 10.6. The van der Waals surface area contributed by atoms with E-state index in [1.54, 1.807) is 47.4 Å². The molecule has 0 saturated carbocycles. The van der Waals surface area contributed by atoms with Crippen molar-refractivity contribution in [2.24, 2.45) is 0 Å². The molecule has 2 aromatic carbocycles. The highest BCUT2D eigenvalue weighted by Crippen LogP contribution is 2.19. The van der Waals surface area contributed by atoms with Gasteiger partial charge in [-0.25, -0.2) is 8.42 Å². The van der Waals surface area contributed by atoms with E-state index in [9.17, 15) is 18.0 Å². The Labute approximate surface area is 172 Å². The average molecular weight is 418 g/mol. The van der Waals surface area contributed by atoms with Crippen molar-refractivity contribution < 1.29 is 18.0 Å². The van der Waals surface area contributed by atoms with Crippen molar-refractivity contribution in [1.29, 1.82) is 0 Å². The van der Waals surface area contributed by atoms with Crippen LogP contribution in [0.3, 0.4) is 0 Å². The van der Waals surface area contributed by atoms with Gasteiger partial charge in [0, 0.05) is 31.6 Å². The Kier molecular flexibility index (Phi) is 8.21. The molecule has 8 heteroatoms. The van der Waals surface area contributed by atoms with Gasteiger partial charge in [0.2, 0.25) is 11.8 Å². The molecule has 0 unspecified atom stereocenters. The van der Waals surface area contributed by atoms with Gasteiger partial charge in [-0.2, -0.15) is 0 Å². The number of amides is 2. The molecule has 0 heterocycles. The number of rotatable bonds is 10. The van der Waals surface area contributed by atoms with Crippen LogP contribution in [0.2, 0.25) is 0 Å². The Morgan fingerprint density at radius 1 is 0.897 bits per heavy atom. The van der Waals surface area contributed by atoms with E-state index >= 15 is 0 Å². The molecule has 0 saturated heterocycles. The molecule has 2 N–H and O–H groups in total. The first-order valence-electron chi connectivity index (χ1n) is 9.61. The van der Waals surface area contributed by atoms with Crippen molar-refractivity contribution in [3.05, 3.63) is 54.6 Å². The largest absolute Gasteiger partial charge is 0.343 e. The van der Waals surface area contributed by atoms with Crippen molar-refractivity contribution in [1.82, 2.24) is 4.90 Å². The monoisotopic (exact) mass is 417 g/mol. The number of carbonyl (C=O) groups is 2. The van der Waals surface area contributed by atoms with Crippen LogP contribution >= 0.6 is 0 Å². The summed E-state index contributed by atoms with van der Waals surface area (Å²) < 4.78 is 27.3. The maximum atomic E-state index is 12.4. The molecule has 0 radical (unpaired) electrons. The van der Waals surface area contributed by atoms with Gasteiger partial charge in [0.1, 0.15) is 0 Å². The van der Waals surface area contributed by atoms with Crippen LogP contribution in [0.1, 0.15) is 33.1 Å². The molecular formula is C21H27N3O4S. The number of nitrogens with zero attached hydrogens (tertiary/aromatic N) is 1. The molecule has 2 aromatic rings. The molecule has 0 aliphatic heterocycles. The lowest BCUT2D eigenvalue weighted by Gasteiger charge is -2.18. The van der Waals surface area contributed by atoms with Gasteiger partial charge < -0.3 is 10.2 Å². The molecule has 0 atom stereocenters. The summed E-state index contributed by atoms with van der Waals surface area (Å²) in [6.07, 6.45) is 1.00. The molecule has 156 valence electrons. The summed E-state index contributed by atoms with van der Waals surface area (Å²) >= 11 is 0. The van der Waals surface area contributed by atoms with Crippen LogP contribution < -0.4 is 10.0 Å². The minimum atomic E-state index is -3.70. The Bertz CT molecular complexity index is 926. The van der Waals surface area contributed by atoms with Crippen molar-refractivity contribution in [3.8, 4) is 0 Å². The van der Waals surface area contributed by atoms with E-state index < -0.39 is 10.0 Å². The Morgan fingerprint density at radius 2 is 1.55 bits per heavy atom. The van der Waals surface area contributed by atoms with E-state index in [1.165, 1.54) is 12.1 Å². The van der Waals surface area contributed by atoms with Crippen LogP contribution in [0, 0.1) is 0 Å². The highest BCUT2D eigenvalue weighted by molar-refractivity contribution is 7.92. The van der Waals surface area contributed by atoms with E-state index in [0.29, 0.717) is 37.3 Å². The molecule has 0 bridgehead atoms. The van der Waals surface area contributed by atoms with Crippen molar-refractivity contribution in [3.63, 3.8) is 0 Å². The lowest BCUT2D eigenvalue weighted by atomic mass is 10.2. The molecule has 2 rings (SSSR count). The Hall–Kier alpha value is -2.87. The lowest BCUT2D eigenvalue weighted by Crippen LogP contribution is -2.30. The van der Waals surface area contributed by atoms with Gasteiger partial charge >= 0.3 is 0 Å². The fourth-order valence-corrected chi connectivity index (χ4v) is 3.90. The second-order valence-corrected chi connectivity index (χ2v) is 8.15. The van der Waals surface area contributed by atoms with E-state index in [2.05, 4.69) is 10.0 Å². The summed E-state index contributed by atoms with van der Waals surface area (Å²) in [5.74, 6) is -0.180. The highest BCUT2D eigenvalue weighted by atomic mass is 32.2. The number of hydrogen-bond donors (Lipinski definition) is 2. The zero-order chi connectivity index (χ0) is 21.3. The summed E-state index contributed by atoms with van der Waals surface area (Å²) in [6, 6.07) is 14.6. The van der Waals surface area contributed by atoms with E-state index in [1.807, 2.05) is 13.8 Å². The fraction of sp³-hybridized carbons (Fsp3) is 0.333. The normalized spacial score (nSPS) is 11.0. The zero-order valence-electron chi connectivity index (χ0n) is 16.7. The predicted molar refractivity (Wildman–Crippen MR) is 114 cm³/mol. The zero-order valence-corrected chi connectivity index (χ0v) is 17.5. The van der Waals surface area contributed by atoms with Crippen molar-refractivity contribution in [2.75, 3.05) is 23.1 Å². The predicted octanol–water partition coefficient (Wildman–Crippen LogP) is 3.46. The molecule has 7 nitrogen and oxygen atoms in total. The number of anilines is 2. The van der Waals surface area contributed by atoms with Crippen LogP contribution in [-0.2, 0) is 19.6 Å². The SMILES string of the molecule is CCN(CC)C(=O)CCCC(=O)Nc1cccc(NS(=O)(=O)c2ccccc2)c1. The summed E-state index contributed by atoms with van der Waals surface area (Å²) in [7, 11) is -3.70. The smallest absolute Gasteiger partial charge is 0.261 e. The van der Waals surface area contributed by atoms with Gasteiger partial charge in [0.05, 0.1) is 10.6 Å². The number of sulfonamides is 1. The molecular weight excluding hydrogens is 390 g/mol. The Balaban J connectivity index is 1.91. The van der Waals surface area contributed by atoms with E-state index in [4.69, 9.17) is 0 Å². The van der Waals surface area contributed by atoms with Crippen LogP contribution in [0.5, 0.6) is 0 Å². The third-order valence-electron chi connectivity index (χ3n) is 4.36. The highest BCUT2D eigenvalue weighted by Gasteiger charge is 2.14. The minimum Gasteiger partial charge on any atom is -0.343 e. The number of carbonyl (C=O) groups excluding carboxylic acids is 2. The molecule has 2 amide bonds. The van der Waals surface area contributed by atoms with Crippen LogP contribution in [-0.4, -0.2) is 38.2 Å². The first-order chi connectivity index (χ1) is 13.9. The van der Waals surface area contributed by atoms with Gasteiger partial charge in [-0.1, -0.05) is 24.3 Å². The summed E-state index contributed by atoms with van der Waals surface area (Å²) in [4.78, 5) is 26.0. The van der Waals surface area contributed by atoms with Crippen molar-refractivity contribution >= 4 is 33.2 Å². The quantitative estimate of drug-likeness (QED) is 0.619. The summed E-state index contributed by atoms with van der Waals surface area (Å²) in [5.41, 5.74) is 0.835. The van der Waals surface area contributed by atoms with Gasteiger partial charge in [-0.15, -0.1) is 0 Å². The number of benzene rings is 2. The third kappa shape index (κ3) is 6.90. The van der Waals surface area contributed by atoms with E-state index in [-0.39, 0.29) is 23.1 Å². The first-order valence-corrected chi connectivity index (χ1v) is 11.1. The third-order valence-corrected chi connectivity index (χ3v) is 5.76. The summed E-state index contributed by atoms with van der Waals surface area (Å²) in [6.45, 7) is 5.17. The van der Waals surface area contributed by atoms with E-state index in [0.717, 1.165) is 0 Å². The first kappa shape index (κ1) is 22.4. The van der Waals surface area contributed by atoms with Gasteiger partial charge in [0.25, 0.3) is 10.0 Å². The van der Waals surface area contributed by atoms with Crippen molar-refractivity contribution in [2.45, 2.75) is 38.0 Å². The molecule has 0 spiro atoms. The molecule has 0 fully saturated rings. The fourth-order valence-electron chi connectivity index (χ4n) is 2.83. The molecule has 0 aliphatic rings. The molecule has 29 heavy (non-hydrogen) atoms. The Morgan fingerprint density at radius 3 is 2.21 bits per heavy atom. The topological polar surface area (TPSA) is 95.6 Å². The van der Waals surface area contributed by atoms with Gasteiger partial charge in [-0.05, 0) is 50.6 Å².